The Hall–Kier alpha value is 0.340. The second kappa shape index (κ2) is 3.36. The largest absolute Gasteiger partial charge is 0.324 e. The maximum absolute atomic E-state index is 5.43. The minimum absolute atomic E-state index is 0. The van der Waals surface area contributed by atoms with E-state index in [0.717, 1.165) is 5.75 Å². The van der Waals surface area contributed by atoms with Crippen molar-refractivity contribution in [1.82, 2.24) is 0 Å². The first kappa shape index (κ1) is 7.34. The van der Waals surface area contributed by atoms with Gasteiger partial charge in [-0.1, -0.05) is 6.08 Å². The summed E-state index contributed by atoms with van der Waals surface area (Å²) in [6.45, 7) is 0. The normalized spacial score (nSPS) is 27.3. The summed E-state index contributed by atoms with van der Waals surface area (Å²) in [5.74, 6) is 1.07. The van der Waals surface area contributed by atoms with Crippen LogP contribution in [0.25, 0.3) is 0 Å². The van der Waals surface area contributed by atoms with E-state index < -0.39 is 0 Å². The van der Waals surface area contributed by atoms with Gasteiger partial charge in [0.15, 0.2) is 0 Å². The zero-order valence-corrected chi connectivity index (χ0v) is 5.47. The lowest BCUT2D eigenvalue weighted by Gasteiger charge is -1.89. The van der Waals surface area contributed by atoms with Crippen LogP contribution in [0.3, 0.4) is 0 Å². The van der Waals surface area contributed by atoms with E-state index in [2.05, 4.69) is 0 Å². The lowest BCUT2D eigenvalue weighted by atomic mass is 10.4. The van der Waals surface area contributed by atoms with Crippen LogP contribution in [-0.4, -0.2) is 11.8 Å². The zero-order chi connectivity index (χ0) is 4.41. The standard InChI is InChI=1S/C4H7NS.ClH/c5-4-1-2-6-3-4;/h1-2,4H,3,5H2;1H. The van der Waals surface area contributed by atoms with Crippen LogP contribution in [-0.2, 0) is 0 Å². The molecule has 0 aromatic heterocycles. The molecule has 0 saturated carbocycles. The first-order valence-corrected chi connectivity index (χ1v) is 2.98. The number of halogens is 1. The van der Waals surface area contributed by atoms with Crippen LogP contribution < -0.4 is 5.73 Å². The van der Waals surface area contributed by atoms with E-state index in [4.69, 9.17) is 5.73 Å². The Labute approximate surface area is 53.8 Å². The van der Waals surface area contributed by atoms with Crippen LogP contribution in [0.2, 0.25) is 0 Å². The topological polar surface area (TPSA) is 26.0 Å². The number of rotatable bonds is 0. The third kappa shape index (κ3) is 2.22. The van der Waals surface area contributed by atoms with Crippen molar-refractivity contribution in [3.63, 3.8) is 0 Å². The molecule has 0 radical (unpaired) electrons. The molecule has 1 aliphatic heterocycles. The van der Waals surface area contributed by atoms with E-state index in [0.29, 0.717) is 6.04 Å². The molecule has 0 fully saturated rings. The molecule has 0 aliphatic carbocycles. The predicted octanol–water partition coefficient (Wildman–Crippen LogP) is 0.996. The number of hydrogen-bond acceptors (Lipinski definition) is 2. The van der Waals surface area contributed by atoms with E-state index >= 15 is 0 Å². The highest BCUT2D eigenvalue weighted by molar-refractivity contribution is 8.02. The summed E-state index contributed by atoms with van der Waals surface area (Å²) in [7, 11) is 0. The van der Waals surface area contributed by atoms with Gasteiger partial charge in [-0.3, -0.25) is 0 Å². The highest BCUT2D eigenvalue weighted by Crippen LogP contribution is 2.11. The van der Waals surface area contributed by atoms with Gasteiger partial charge < -0.3 is 5.73 Å². The van der Waals surface area contributed by atoms with Crippen molar-refractivity contribution in [1.29, 1.82) is 0 Å². The molecule has 1 nitrogen and oxygen atoms in total. The summed E-state index contributed by atoms with van der Waals surface area (Å²) in [6.07, 6.45) is 2.02. The van der Waals surface area contributed by atoms with E-state index in [-0.39, 0.29) is 12.4 Å². The molecule has 7 heavy (non-hydrogen) atoms. The third-order valence-electron chi connectivity index (χ3n) is 0.711. The Balaban J connectivity index is 0.000000360. The summed E-state index contributed by atoms with van der Waals surface area (Å²) < 4.78 is 0. The summed E-state index contributed by atoms with van der Waals surface area (Å²) in [5, 5.41) is 2.05. The van der Waals surface area contributed by atoms with Crippen LogP contribution in [0.15, 0.2) is 11.5 Å². The number of hydrogen-bond donors (Lipinski definition) is 1. The molecule has 1 rings (SSSR count). The molecular weight excluding hydrogens is 130 g/mol. The molecule has 0 aromatic rings. The zero-order valence-electron chi connectivity index (χ0n) is 3.83. The first-order chi connectivity index (χ1) is 2.89. The van der Waals surface area contributed by atoms with Gasteiger partial charge >= 0.3 is 0 Å². The molecule has 1 aliphatic rings. The highest BCUT2D eigenvalue weighted by atomic mass is 35.5. The fourth-order valence-electron chi connectivity index (χ4n) is 0.379. The molecule has 0 spiro atoms. The monoisotopic (exact) mass is 137 g/mol. The Morgan fingerprint density at radius 3 is 2.57 bits per heavy atom. The summed E-state index contributed by atoms with van der Waals surface area (Å²) >= 11 is 1.78. The van der Waals surface area contributed by atoms with Crippen LogP contribution in [0.4, 0.5) is 0 Å². The average Bonchev–Trinajstić information content (AvgIpc) is 1.86. The Morgan fingerprint density at radius 2 is 2.43 bits per heavy atom. The molecule has 42 valence electrons. The lowest BCUT2D eigenvalue weighted by Crippen LogP contribution is -2.15. The van der Waals surface area contributed by atoms with E-state index in [1.165, 1.54) is 0 Å². The second-order valence-corrected chi connectivity index (χ2v) is 2.26. The summed E-state index contributed by atoms with van der Waals surface area (Å²) in [5.41, 5.74) is 5.43. The van der Waals surface area contributed by atoms with Crippen molar-refractivity contribution in [2.45, 2.75) is 6.04 Å². The first-order valence-electron chi connectivity index (χ1n) is 1.93. The van der Waals surface area contributed by atoms with Gasteiger partial charge in [0.1, 0.15) is 0 Å². The minimum Gasteiger partial charge on any atom is -0.324 e. The molecule has 0 amide bonds. The van der Waals surface area contributed by atoms with Gasteiger partial charge in [0.25, 0.3) is 0 Å². The van der Waals surface area contributed by atoms with Crippen molar-refractivity contribution in [3.8, 4) is 0 Å². The maximum atomic E-state index is 5.43. The van der Waals surface area contributed by atoms with Gasteiger partial charge in [-0.2, -0.15) is 0 Å². The molecule has 0 aromatic carbocycles. The molecular formula is C4H8ClNS. The molecule has 0 bridgehead atoms. The lowest BCUT2D eigenvalue weighted by molar-refractivity contribution is 0.955. The van der Waals surface area contributed by atoms with Crippen molar-refractivity contribution in [2.24, 2.45) is 5.73 Å². The summed E-state index contributed by atoms with van der Waals surface area (Å²) in [4.78, 5) is 0. The minimum atomic E-state index is 0. The molecule has 3 heteroatoms. The van der Waals surface area contributed by atoms with E-state index in [1.54, 1.807) is 11.8 Å². The van der Waals surface area contributed by atoms with Crippen molar-refractivity contribution >= 4 is 24.2 Å². The van der Waals surface area contributed by atoms with Gasteiger partial charge in [0, 0.05) is 11.8 Å². The fourth-order valence-corrected chi connectivity index (χ4v) is 1.14. The van der Waals surface area contributed by atoms with Gasteiger partial charge in [-0.15, -0.1) is 24.2 Å². The Morgan fingerprint density at radius 1 is 1.71 bits per heavy atom. The fraction of sp³-hybridized carbons (Fsp3) is 0.500. The Bertz CT molecular complexity index is 74.1. The van der Waals surface area contributed by atoms with Crippen LogP contribution in [0.5, 0.6) is 0 Å². The van der Waals surface area contributed by atoms with Gasteiger partial charge in [0.2, 0.25) is 0 Å². The number of thioether (sulfide) groups is 1. The SMILES string of the molecule is Cl.NC1C=CSC1. The van der Waals surface area contributed by atoms with Crippen molar-refractivity contribution in [3.05, 3.63) is 11.5 Å². The second-order valence-electron chi connectivity index (χ2n) is 1.33. The maximum Gasteiger partial charge on any atom is 0.0327 e. The van der Waals surface area contributed by atoms with Crippen molar-refractivity contribution < 1.29 is 0 Å². The third-order valence-corrected chi connectivity index (χ3v) is 1.64. The van der Waals surface area contributed by atoms with Gasteiger partial charge in [-0.05, 0) is 5.41 Å². The number of nitrogens with two attached hydrogens (primary N) is 1. The Kier molecular flexibility index (Phi) is 3.52. The van der Waals surface area contributed by atoms with E-state index in [1.807, 2.05) is 11.5 Å². The smallest absolute Gasteiger partial charge is 0.0327 e. The van der Waals surface area contributed by atoms with Gasteiger partial charge in [0.05, 0.1) is 0 Å². The van der Waals surface area contributed by atoms with Crippen molar-refractivity contribution in [2.75, 3.05) is 5.75 Å². The highest BCUT2D eigenvalue weighted by Gasteiger charge is 1.99. The average molecular weight is 138 g/mol. The molecule has 1 unspecified atom stereocenters. The molecule has 2 N–H and O–H groups in total. The van der Waals surface area contributed by atoms with Crippen LogP contribution in [0, 0.1) is 0 Å². The van der Waals surface area contributed by atoms with Crippen LogP contribution >= 0.6 is 24.2 Å². The van der Waals surface area contributed by atoms with Gasteiger partial charge in [-0.25, -0.2) is 0 Å². The molecule has 1 atom stereocenters. The quantitative estimate of drug-likeness (QED) is 0.539. The van der Waals surface area contributed by atoms with Crippen LogP contribution in [0.1, 0.15) is 0 Å². The van der Waals surface area contributed by atoms with E-state index in [9.17, 15) is 0 Å². The predicted molar refractivity (Wildman–Crippen MR) is 36.8 cm³/mol. The molecule has 0 saturated heterocycles. The molecule has 1 heterocycles. The summed E-state index contributed by atoms with van der Waals surface area (Å²) in [6, 6.07) is 0.329.